The Labute approximate surface area is 91.5 Å². The summed E-state index contributed by atoms with van der Waals surface area (Å²) in [5.41, 5.74) is 5.93. The number of morpholine rings is 1. The maximum atomic E-state index is 5.93. The lowest BCUT2D eigenvalue weighted by atomic mass is 10.2. The van der Waals surface area contributed by atoms with Gasteiger partial charge in [-0.25, -0.2) is 0 Å². The molecule has 2 atom stereocenters. The molecule has 2 heterocycles. The molecule has 2 fully saturated rings. The lowest BCUT2D eigenvalue weighted by molar-refractivity contribution is -0.0168. The molecule has 0 bridgehead atoms. The fourth-order valence-electron chi connectivity index (χ4n) is 2.38. The molecule has 0 amide bonds. The van der Waals surface area contributed by atoms with E-state index in [2.05, 4.69) is 9.89 Å². The van der Waals surface area contributed by atoms with Crippen LogP contribution in [0.3, 0.4) is 0 Å². The summed E-state index contributed by atoms with van der Waals surface area (Å²) in [6.07, 6.45) is 2.58. The highest BCUT2D eigenvalue weighted by Crippen LogP contribution is 2.22. The predicted octanol–water partition coefficient (Wildman–Crippen LogP) is 0.615. The van der Waals surface area contributed by atoms with Gasteiger partial charge in [-0.1, -0.05) is 0 Å². The number of nitrogens with zero attached hydrogens (tertiary/aromatic N) is 2. The minimum atomic E-state index is 0.0155. The number of nitrogens with two attached hydrogens (primary N) is 1. The summed E-state index contributed by atoms with van der Waals surface area (Å²) in [6, 6.07) is 0.887. The van der Waals surface area contributed by atoms with Crippen LogP contribution >= 0.6 is 0 Å². The summed E-state index contributed by atoms with van der Waals surface area (Å²) in [5.74, 6) is 0.662. The first-order valence-corrected chi connectivity index (χ1v) is 5.85. The van der Waals surface area contributed by atoms with Crippen LogP contribution in [0, 0.1) is 0 Å². The molecule has 0 aromatic carbocycles. The predicted molar refractivity (Wildman–Crippen MR) is 61.1 cm³/mol. The van der Waals surface area contributed by atoms with Crippen LogP contribution in [0.2, 0.25) is 0 Å². The average molecular weight is 211 g/mol. The standard InChI is InChI=1S/C11H21N3O/c1-8(2)13-11(12)10-6-14-5-3-4-9(14)7-15-10/h8-10H,3-7H2,1-2H3,(H2,12,13). The van der Waals surface area contributed by atoms with Crippen molar-refractivity contribution in [1.82, 2.24) is 4.90 Å². The smallest absolute Gasteiger partial charge is 0.127 e. The summed E-state index contributed by atoms with van der Waals surface area (Å²) in [4.78, 5) is 6.84. The van der Waals surface area contributed by atoms with E-state index in [1.807, 2.05) is 13.8 Å². The molecular weight excluding hydrogens is 190 g/mol. The topological polar surface area (TPSA) is 50.8 Å². The summed E-state index contributed by atoms with van der Waals surface area (Å²) in [6.45, 7) is 7.01. The van der Waals surface area contributed by atoms with E-state index in [-0.39, 0.29) is 12.1 Å². The SMILES string of the molecule is CC(C)N=C(N)C1CN2CCCC2CO1. The Morgan fingerprint density at radius 2 is 2.33 bits per heavy atom. The molecule has 2 N–H and O–H groups in total. The van der Waals surface area contributed by atoms with E-state index in [0.717, 1.165) is 13.2 Å². The lowest BCUT2D eigenvalue weighted by Gasteiger charge is -2.34. The van der Waals surface area contributed by atoms with Gasteiger partial charge in [-0.15, -0.1) is 0 Å². The van der Waals surface area contributed by atoms with Gasteiger partial charge in [-0.2, -0.15) is 0 Å². The Morgan fingerprint density at radius 3 is 3.07 bits per heavy atom. The van der Waals surface area contributed by atoms with Crippen molar-refractivity contribution in [1.29, 1.82) is 0 Å². The maximum Gasteiger partial charge on any atom is 0.127 e. The summed E-state index contributed by atoms with van der Waals surface area (Å²) in [7, 11) is 0. The van der Waals surface area contributed by atoms with Crippen molar-refractivity contribution in [3.8, 4) is 0 Å². The van der Waals surface area contributed by atoms with Crippen molar-refractivity contribution < 1.29 is 4.74 Å². The summed E-state index contributed by atoms with van der Waals surface area (Å²) >= 11 is 0. The molecule has 0 aliphatic carbocycles. The van der Waals surface area contributed by atoms with Crippen LogP contribution in [0.15, 0.2) is 4.99 Å². The van der Waals surface area contributed by atoms with Crippen LogP contribution in [-0.2, 0) is 4.74 Å². The Hall–Kier alpha value is -0.610. The third-order valence-electron chi connectivity index (χ3n) is 3.13. The number of ether oxygens (including phenoxy) is 1. The molecule has 0 radical (unpaired) electrons. The highest BCUT2D eigenvalue weighted by Gasteiger charge is 2.33. The van der Waals surface area contributed by atoms with Gasteiger partial charge >= 0.3 is 0 Å². The molecule has 2 rings (SSSR count). The number of hydrogen-bond donors (Lipinski definition) is 1. The molecule has 0 saturated carbocycles. The van der Waals surface area contributed by atoms with Crippen molar-refractivity contribution in [3.63, 3.8) is 0 Å². The van der Waals surface area contributed by atoms with Gasteiger partial charge in [0.05, 0.1) is 6.61 Å². The monoisotopic (exact) mass is 211 g/mol. The second-order valence-electron chi connectivity index (χ2n) is 4.76. The molecule has 2 saturated heterocycles. The minimum absolute atomic E-state index is 0.0155. The number of rotatable bonds is 2. The Kier molecular flexibility index (Phi) is 3.26. The first-order chi connectivity index (χ1) is 7.16. The normalized spacial score (nSPS) is 33.4. The zero-order chi connectivity index (χ0) is 10.8. The quantitative estimate of drug-likeness (QED) is 0.538. The van der Waals surface area contributed by atoms with E-state index >= 15 is 0 Å². The first-order valence-electron chi connectivity index (χ1n) is 5.85. The van der Waals surface area contributed by atoms with Crippen molar-refractivity contribution in [2.24, 2.45) is 10.7 Å². The fraction of sp³-hybridized carbons (Fsp3) is 0.909. The molecule has 2 unspecified atom stereocenters. The van der Waals surface area contributed by atoms with Crippen LogP contribution < -0.4 is 5.73 Å². The number of amidine groups is 1. The van der Waals surface area contributed by atoms with E-state index in [9.17, 15) is 0 Å². The van der Waals surface area contributed by atoms with E-state index in [1.54, 1.807) is 0 Å². The van der Waals surface area contributed by atoms with E-state index in [1.165, 1.54) is 19.4 Å². The highest BCUT2D eigenvalue weighted by atomic mass is 16.5. The van der Waals surface area contributed by atoms with Crippen LogP contribution in [0.4, 0.5) is 0 Å². The molecule has 4 nitrogen and oxygen atoms in total. The van der Waals surface area contributed by atoms with Gasteiger partial charge in [0.15, 0.2) is 0 Å². The molecular formula is C11H21N3O. The van der Waals surface area contributed by atoms with Gasteiger partial charge in [0, 0.05) is 18.6 Å². The van der Waals surface area contributed by atoms with Gasteiger partial charge in [0.25, 0.3) is 0 Å². The van der Waals surface area contributed by atoms with Gasteiger partial charge in [-0.3, -0.25) is 9.89 Å². The molecule has 86 valence electrons. The van der Waals surface area contributed by atoms with Crippen molar-refractivity contribution in [2.75, 3.05) is 19.7 Å². The van der Waals surface area contributed by atoms with Crippen molar-refractivity contribution >= 4 is 5.84 Å². The van der Waals surface area contributed by atoms with Crippen molar-refractivity contribution in [2.45, 2.75) is 44.9 Å². The maximum absolute atomic E-state index is 5.93. The Bertz CT molecular complexity index is 252. The highest BCUT2D eigenvalue weighted by molar-refractivity contribution is 5.85. The first kappa shape index (κ1) is 10.9. The summed E-state index contributed by atoms with van der Waals surface area (Å²) in [5, 5.41) is 0. The Balaban J connectivity index is 1.95. The van der Waals surface area contributed by atoms with Crippen LogP contribution in [-0.4, -0.2) is 48.6 Å². The van der Waals surface area contributed by atoms with E-state index in [0.29, 0.717) is 11.9 Å². The second kappa shape index (κ2) is 4.49. The lowest BCUT2D eigenvalue weighted by Crippen LogP contribution is -2.51. The van der Waals surface area contributed by atoms with E-state index < -0.39 is 0 Å². The average Bonchev–Trinajstić information content (AvgIpc) is 2.62. The molecule has 2 aliphatic rings. The molecule has 0 spiro atoms. The van der Waals surface area contributed by atoms with Crippen LogP contribution in [0.25, 0.3) is 0 Å². The summed E-state index contributed by atoms with van der Waals surface area (Å²) < 4.78 is 5.76. The molecule has 4 heteroatoms. The van der Waals surface area contributed by atoms with Gasteiger partial charge < -0.3 is 10.5 Å². The second-order valence-corrected chi connectivity index (χ2v) is 4.76. The zero-order valence-electron chi connectivity index (χ0n) is 9.65. The number of hydrogen-bond acceptors (Lipinski definition) is 3. The third kappa shape index (κ3) is 2.49. The van der Waals surface area contributed by atoms with Gasteiger partial charge in [0.1, 0.15) is 11.9 Å². The molecule has 0 aromatic rings. The fourth-order valence-corrected chi connectivity index (χ4v) is 2.38. The third-order valence-corrected chi connectivity index (χ3v) is 3.13. The van der Waals surface area contributed by atoms with Gasteiger partial charge in [-0.05, 0) is 33.2 Å². The van der Waals surface area contributed by atoms with E-state index in [4.69, 9.17) is 10.5 Å². The number of fused-ring (bicyclic) bond motifs is 1. The van der Waals surface area contributed by atoms with Crippen LogP contribution in [0.1, 0.15) is 26.7 Å². The van der Waals surface area contributed by atoms with Gasteiger partial charge in [0.2, 0.25) is 0 Å². The largest absolute Gasteiger partial charge is 0.385 e. The van der Waals surface area contributed by atoms with Crippen LogP contribution in [0.5, 0.6) is 0 Å². The van der Waals surface area contributed by atoms with Crippen molar-refractivity contribution in [3.05, 3.63) is 0 Å². The zero-order valence-corrected chi connectivity index (χ0v) is 9.65. The molecule has 0 aromatic heterocycles. The Morgan fingerprint density at radius 1 is 1.53 bits per heavy atom. The number of aliphatic imine (C=N–C) groups is 1. The molecule has 15 heavy (non-hydrogen) atoms. The minimum Gasteiger partial charge on any atom is -0.385 e. The molecule has 2 aliphatic heterocycles.